The molecule has 1 saturated carbocycles. The van der Waals surface area contributed by atoms with E-state index in [0.29, 0.717) is 18.4 Å². The van der Waals surface area contributed by atoms with Gasteiger partial charge in [0.25, 0.3) is 11.8 Å². The van der Waals surface area contributed by atoms with Crippen molar-refractivity contribution >= 4 is 29.5 Å². The normalized spacial score (nSPS) is 19.1. The first-order valence-corrected chi connectivity index (χ1v) is 9.62. The topological polar surface area (TPSA) is 105 Å². The molecule has 8 nitrogen and oxygen atoms in total. The molecule has 1 aliphatic carbocycles. The lowest BCUT2D eigenvalue weighted by Crippen LogP contribution is -2.48. The van der Waals surface area contributed by atoms with E-state index in [1.807, 2.05) is 0 Å². The molecule has 1 aliphatic heterocycles. The van der Waals surface area contributed by atoms with Crippen LogP contribution in [-0.2, 0) is 19.1 Å². The number of urea groups is 1. The molecule has 156 valence electrons. The number of ether oxygens (including phenoxy) is 1. The lowest BCUT2D eigenvalue weighted by molar-refractivity contribution is -0.155. The van der Waals surface area contributed by atoms with Crippen LogP contribution < -0.4 is 10.6 Å². The standard InChI is InChI=1S/C20H24FN3O5/c1-12-6-7-14(10-15(12)21)22-17(26)13(2)29-16(25)11-24-18(27)20(23-19(24)28)8-4-3-5-9-20/h6-7,10,13H,3-5,8-9,11H2,1-2H3,(H,22,26)(H,23,28)/t13-/m0/s1. The number of amides is 4. The summed E-state index contributed by atoms with van der Waals surface area (Å²) in [6.45, 7) is 2.38. The van der Waals surface area contributed by atoms with Crippen LogP contribution in [0.15, 0.2) is 18.2 Å². The fourth-order valence-corrected chi connectivity index (χ4v) is 3.65. The summed E-state index contributed by atoms with van der Waals surface area (Å²) in [5.74, 6) is -2.42. The number of carbonyl (C=O) groups excluding carboxylic acids is 4. The van der Waals surface area contributed by atoms with Crippen molar-refractivity contribution in [1.29, 1.82) is 0 Å². The van der Waals surface area contributed by atoms with E-state index in [-0.39, 0.29) is 5.69 Å². The summed E-state index contributed by atoms with van der Waals surface area (Å²) in [5, 5.41) is 5.16. The van der Waals surface area contributed by atoms with Crippen LogP contribution in [0.5, 0.6) is 0 Å². The summed E-state index contributed by atoms with van der Waals surface area (Å²) < 4.78 is 18.6. The molecule has 1 heterocycles. The van der Waals surface area contributed by atoms with Crippen LogP contribution in [0.2, 0.25) is 0 Å². The zero-order chi connectivity index (χ0) is 21.2. The van der Waals surface area contributed by atoms with Gasteiger partial charge in [0.05, 0.1) is 0 Å². The zero-order valence-electron chi connectivity index (χ0n) is 16.4. The molecule has 2 aliphatic rings. The molecule has 3 rings (SSSR count). The number of rotatable bonds is 5. The van der Waals surface area contributed by atoms with Gasteiger partial charge in [0.15, 0.2) is 6.10 Å². The molecule has 1 saturated heterocycles. The predicted octanol–water partition coefficient (Wildman–Crippen LogP) is 2.26. The Balaban J connectivity index is 1.55. The number of anilines is 1. The quantitative estimate of drug-likeness (QED) is 0.578. The third-order valence-electron chi connectivity index (χ3n) is 5.36. The monoisotopic (exact) mass is 405 g/mol. The maximum absolute atomic E-state index is 13.6. The van der Waals surface area contributed by atoms with Crippen LogP contribution in [0.4, 0.5) is 14.9 Å². The Kier molecular flexibility index (Phi) is 5.86. The van der Waals surface area contributed by atoms with E-state index < -0.39 is 47.8 Å². The van der Waals surface area contributed by atoms with Crippen LogP contribution in [0.25, 0.3) is 0 Å². The van der Waals surface area contributed by atoms with Crippen LogP contribution >= 0.6 is 0 Å². The van der Waals surface area contributed by atoms with Crippen molar-refractivity contribution in [2.24, 2.45) is 0 Å². The first kappa shape index (κ1) is 20.8. The van der Waals surface area contributed by atoms with Crippen molar-refractivity contribution in [3.05, 3.63) is 29.6 Å². The Morgan fingerprint density at radius 1 is 1.28 bits per heavy atom. The molecule has 1 aromatic rings. The lowest BCUT2D eigenvalue weighted by Gasteiger charge is -2.30. The Morgan fingerprint density at radius 2 is 1.97 bits per heavy atom. The predicted molar refractivity (Wildman–Crippen MR) is 101 cm³/mol. The van der Waals surface area contributed by atoms with Gasteiger partial charge in [0, 0.05) is 5.69 Å². The van der Waals surface area contributed by atoms with Crippen molar-refractivity contribution in [3.8, 4) is 0 Å². The average Bonchev–Trinajstić information content (AvgIpc) is 2.89. The third kappa shape index (κ3) is 4.38. The van der Waals surface area contributed by atoms with Crippen molar-refractivity contribution < 1.29 is 28.3 Å². The van der Waals surface area contributed by atoms with Crippen LogP contribution in [0.1, 0.15) is 44.6 Å². The second-order valence-electron chi connectivity index (χ2n) is 7.55. The van der Waals surface area contributed by atoms with Crippen molar-refractivity contribution in [3.63, 3.8) is 0 Å². The number of nitrogens with one attached hydrogen (secondary N) is 2. The number of nitrogens with zero attached hydrogens (tertiary/aromatic N) is 1. The van der Waals surface area contributed by atoms with E-state index in [1.54, 1.807) is 6.92 Å². The SMILES string of the molecule is Cc1ccc(NC(=O)[C@H](C)OC(=O)CN2C(=O)NC3(CCCCC3)C2=O)cc1F. The van der Waals surface area contributed by atoms with E-state index in [4.69, 9.17) is 4.74 Å². The lowest BCUT2D eigenvalue weighted by atomic mass is 9.82. The number of hydrogen-bond donors (Lipinski definition) is 2. The van der Waals surface area contributed by atoms with E-state index in [2.05, 4.69) is 10.6 Å². The molecule has 4 amide bonds. The Labute approximate surface area is 167 Å². The molecule has 1 atom stereocenters. The molecule has 0 unspecified atom stereocenters. The summed E-state index contributed by atoms with van der Waals surface area (Å²) in [6, 6.07) is 3.58. The third-order valence-corrected chi connectivity index (χ3v) is 5.36. The maximum atomic E-state index is 13.6. The number of aryl methyl sites for hydroxylation is 1. The fourth-order valence-electron chi connectivity index (χ4n) is 3.65. The number of esters is 1. The summed E-state index contributed by atoms with van der Waals surface area (Å²) in [7, 11) is 0. The number of imide groups is 1. The first-order chi connectivity index (χ1) is 13.7. The Bertz CT molecular complexity index is 851. The summed E-state index contributed by atoms with van der Waals surface area (Å²) in [4.78, 5) is 50.1. The van der Waals surface area contributed by atoms with Gasteiger partial charge in [-0.2, -0.15) is 0 Å². The van der Waals surface area contributed by atoms with E-state index >= 15 is 0 Å². The summed E-state index contributed by atoms with van der Waals surface area (Å²) in [6.07, 6.45) is 2.59. The van der Waals surface area contributed by atoms with Gasteiger partial charge >= 0.3 is 12.0 Å². The molecule has 0 radical (unpaired) electrons. The second-order valence-corrected chi connectivity index (χ2v) is 7.55. The molecule has 0 aromatic heterocycles. The van der Waals surface area contributed by atoms with E-state index in [1.165, 1.54) is 25.1 Å². The maximum Gasteiger partial charge on any atom is 0.327 e. The molecule has 2 N–H and O–H groups in total. The van der Waals surface area contributed by atoms with Gasteiger partial charge in [0.2, 0.25) is 0 Å². The first-order valence-electron chi connectivity index (χ1n) is 9.62. The van der Waals surface area contributed by atoms with Gasteiger partial charge in [-0.3, -0.25) is 19.3 Å². The fraction of sp³-hybridized carbons (Fsp3) is 0.500. The number of benzene rings is 1. The van der Waals surface area contributed by atoms with Crippen molar-refractivity contribution in [2.45, 2.75) is 57.6 Å². The number of carbonyl (C=O) groups is 4. The molecule has 29 heavy (non-hydrogen) atoms. The molecular formula is C20H24FN3O5. The average molecular weight is 405 g/mol. The van der Waals surface area contributed by atoms with Gasteiger partial charge in [-0.05, 0) is 44.4 Å². The molecule has 1 spiro atoms. The van der Waals surface area contributed by atoms with Crippen molar-refractivity contribution in [2.75, 3.05) is 11.9 Å². The van der Waals surface area contributed by atoms with E-state index in [0.717, 1.165) is 24.2 Å². The zero-order valence-corrected chi connectivity index (χ0v) is 16.4. The van der Waals surface area contributed by atoms with Gasteiger partial charge in [-0.15, -0.1) is 0 Å². The Morgan fingerprint density at radius 3 is 2.62 bits per heavy atom. The van der Waals surface area contributed by atoms with Crippen LogP contribution in [0.3, 0.4) is 0 Å². The minimum Gasteiger partial charge on any atom is -0.451 e. The highest BCUT2D eigenvalue weighted by Gasteiger charge is 2.51. The minimum absolute atomic E-state index is 0.231. The minimum atomic E-state index is -1.18. The molecule has 1 aromatic carbocycles. The van der Waals surface area contributed by atoms with Gasteiger partial charge < -0.3 is 15.4 Å². The largest absolute Gasteiger partial charge is 0.451 e. The molecule has 9 heteroatoms. The van der Waals surface area contributed by atoms with Crippen LogP contribution in [-0.4, -0.2) is 46.9 Å². The molecular weight excluding hydrogens is 381 g/mol. The smallest absolute Gasteiger partial charge is 0.327 e. The molecule has 0 bridgehead atoms. The van der Waals surface area contributed by atoms with Crippen molar-refractivity contribution in [1.82, 2.24) is 10.2 Å². The number of hydrogen-bond acceptors (Lipinski definition) is 5. The Hall–Kier alpha value is -2.97. The van der Waals surface area contributed by atoms with Gasteiger partial charge in [-0.25, -0.2) is 9.18 Å². The van der Waals surface area contributed by atoms with Gasteiger partial charge in [-0.1, -0.05) is 25.3 Å². The summed E-state index contributed by atoms with van der Waals surface area (Å²) in [5.41, 5.74) is -0.255. The van der Waals surface area contributed by atoms with Crippen LogP contribution in [0, 0.1) is 12.7 Å². The second kappa shape index (κ2) is 8.18. The highest BCUT2D eigenvalue weighted by atomic mass is 19.1. The highest BCUT2D eigenvalue weighted by Crippen LogP contribution is 2.33. The number of halogens is 1. The van der Waals surface area contributed by atoms with E-state index in [9.17, 15) is 23.6 Å². The summed E-state index contributed by atoms with van der Waals surface area (Å²) >= 11 is 0. The molecule has 2 fully saturated rings. The van der Waals surface area contributed by atoms with Gasteiger partial charge in [0.1, 0.15) is 17.9 Å². The highest BCUT2D eigenvalue weighted by molar-refractivity contribution is 6.08.